The number of carbonyl (C=O) groups is 6. The zero-order chi connectivity index (χ0) is 26.7. The van der Waals surface area contributed by atoms with Crippen molar-refractivity contribution in [2.45, 2.75) is 63.7 Å². The van der Waals surface area contributed by atoms with Crippen molar-refractivity contribution in [3.63, 3.8) is 0 Å². The van der Waals surface area contributed by atoms with Gasteiger partial charge in [-0.05, 0) is 12.3 Å². The lowest BCUT2D eigenvalue weighted by Crippen LogP contribution is -2.58. The molecule has 0 spiro atoms. The summed E-state index contributed by atoms with van der Waals surface area (Å²) in [7, 11) is 0. The van der Waals surface area contributed by atoms with Crippen LogP contribution in [-0.2, 0) is 35.2 Å². The standard InChI is InChI=1S/C20H30N6O9/c1-9(2)16(26-17(31)11(21)3-4-14(27)28)19(33)24-12(6-15(29)30)18(32)25-13(20(34)35)5-10-7-22-8-23-10/h7-9,11-13,16H,3-6,21H2,1-2H3,(H,22,23)(H,24,33)(H,25,32)(H,26,31)(H,27,28)(H,29,30)(H,34,35). The summed E-state index contributed by atoms with van der Waals surface area (Å²) >= 11 is 0. The highest BCUT2D eigenvalue weighted by atomic mass is 16.4. The molecule has 15 heteroatoms. The summed E-state index contributed by atoms with van der Waals surface area (Å²) in [6.45, 7) is 3.15. The van der Waals surface area contributed by atoms with E-state index in [0.29, 0.717) is 5.69 Å². The van der Waals surface area contributed by atoms with Gasteiger partial charge in [0, 0.05) is 24.7 Å². The summed E-state index contributed by atoms with van der Waals surface area (Å²) in [5.41, 5.74) is 6.06. The van der Waals surface area contributed by atoms with Gasteiger partial charge in [0.1, 0.15) is 18.1 Å². The molecule has 15 nitrogen and oxygen atoms in total. The number of carbonyl (C=O) groups excluding carboxylic acids is 3. The van der Waals surface area contributed by atoms with Crippen molar-refractivity contribution >= 4 is 35.6 Å². The number of imidazole rings is 1. The van der Waals surface area contributed by atoms with Gasteiger partial charge in [-0.3, -0.25) is 24.0 Å². The molecule has 0 saturated carbocycles. The van der Waals surface area contributed by atoms with E-state index >= 15 is 0 Å². The van der Waals surface area contributed by atoms with E-state index in [2.05, 4.69) is 25.9 Å². The predicted octanol–water partition coefficient (Wildman–Crippen LogP) is -2.19. The van der Waals surface area contributed by atoms with Crippen LogP contribution in [0.2, 0.25) is 0 Å². The normalized spacial score (nSPS) is 14.3. The molecular formula is C20H30N6O9. The van der Waals surface area contributed by atoms with Gasteiger partial charge in [-0.1, -0.05) is 13.8 Å². The summed E-state index contributed by atoms with van der Waals surface area (Å²) in [5, 5.41) is 34.1. The van der Waals surface area contributed by atoms with E-state index in [4.69, 9.17) is 10.8 Å². The Morgan fingerprint density at radius 3 is 2.06 bits per heavy atom. The molecule has 4 unspecified atom stereocenters. The molecule has 0 bridgehead atoms. The fourth-order valence-electron chi connectivity index (χ4n) is 2.94. The first kappa shape index (κ1) is 29.0. The number of carboxylic acids is 3. The number of H-pyrrole nitrogens is 1. The maximum atomic E-state index is 12.8. The van der Waals surface area contributed by atoms with Crippen LogP contribution in [0.3, 0.4) is 0 Å². The molecule has 3 amide bonds. The van der Waals surface area contributed by atoms with Gasteiger partial charge in [-0.15, -0.1) is 0 Å². The summed E-state index contributed by atoms with van der Waals surface area (Å²) in [6.07, 6.45) is 1.10. The highest BCUT2D eigenvalue weighted by molar-refractivity contribution is 5.95. The van der Waals surface area contributed by atoms with Gasteiger partial charge in [-0.2, -0.15) is 0 Å². The average molecular weight is 498 g/mol. The number of aromatic nitrogens is 2. The van der Waals surface area contributed by atoms with Crippen LogP contribution in [0.1, 0.15) is 38.8 Å². The molecule has 35 heavy (non-hydrogen) atoms. The number of aromatic amines is 1. The molecule has 1 heterocycles. The third-order valence-corrected chi connectivity index (χ3v) is 4.86. The zero-order valence-electron chi connectivity index (χ0n) is 19.2. The minimum absolute atomic E-state index is 0.173. The summed E-state index contributed by atoms with van der Waals surface area (Å²) in [6, 6.07) is -5.54. The molecule has 0 aliphatic rings. The largest absolute Gasteiger partial charge is 0.481 e. The minimum Gasteiger partial charge on any atom is -0.481 e. The van der Waals surface area contributed by atoms with Gasteiger partial charge < -0.3 is 42.0 Å². The topological polar surface area (TPSA) is 254 Å². The maximum absolute atomic E-state index is 12.8. The molecule has 1 aromatic heterocycles. The van der Waals surface area contributed by atoms with Crippen LogP contribution in [0.15, 0.2) is 12.5 Å². The Hall–Kier alpha value is -4.01. The van der Waals surface area contributed by atoms with E-state index in [1.165, 1.54) is 12.5 Å². The first-order valence-electron chi connectivity index (χ1n) is 10.6. The lowest BCUT2D eigenvalue weighted by Gasteiger charge is -2.26. The molecule has 0 saturated heterocycles. The van der Waals surface area contributed by atoms with E-state index in [-0.39, 0.29) is 19.3 Å². The summed E-state index contributed by atoms with van der Waals surface area (Å²) in [4.78, 5) is 77.7. The van der Waals surface area contributed by atoms with Crippen LogP contribution in [0.25, 0.3) is 0 Å². The van der Waals surface area contributed by atoms with Gasteiger partial charge in [0.25, 0.3) is 0 Å². The van der Waals surface area contributed by atoms with Gasteiger partial charge in [-0.25, -0.2) is 9.78 Å². The minimum atomic E-state index is -1.65. The molecule has 0 fully saturated rings. The molecule has 0 aliphatic carbocycles. The molecule has 1 rings (SSSR count). The number of aliphatic carboxylic acids is 3. The number of nitrogens with one attached hydrogen (secondary N) is 4. The zero-order valence-corrected chi connectivity index (χ0v) is 19.2. The maximum Gasteiger partial charge on any atom is 0.326 e. The lowest BCUT2D eigenvalue weighted by atomic mass is 10.0. The number of amides is 3. The van der Waals surface area contributed by atoms with Crippen molar-refractivity contribution in [3.8, 4) is 0 Å². The molecule has 0 aliphatic heterocycles. The average Bonchev–Trinajstić information content (AvgIpc) is 3.26. The number of rotatable bonds is 15. The van der Waals surface area contributed by atoms with Gasteiger partial charge in [0.05, 0.1) is 18.8 Å². The monoisotopic (exact) mass is 498 g/mol. The fraction of sp³-hybridized carbons (Fsp3) is 0.550. The van der Waals surface area contributed by atoms with Crippen molar-refractivity contribution < 1.29 is 44.1 Å². The quantitative estimate of drug-likeness (QED) is 0.129. The predicted molar refractivity (Wildman–Crippen MR) is 118 cm³/mol. The van der Waals surface area contributed by atoms with Crippen LogP contribution in [-0.4, -0.2) is 85.1 Å². The Bertz CT molecular complexity index is 918. The second-order valence-electron chi connectivity index (χ2n) is 8.11. The smallest absolute Gasteiger partial charge is 0.326 e. The third-order valence-electron chi connectivity index (χ3n) is 4.86. The van der Waals surface area contributed by atoms with E-state index in [1.807, 2.05) is 0 Å². The summed E-state index contributed by atoms with van der Waals surface area (Å²) in [5.74, 6) is -7.26. The Kier molecular flexibility index (Phi) is 11.3. The Morgan fingerprint density at radius 2 is 1.57 bits per heavy atom. The number of carboxylic acid groups (broad SMARTS) is 3. The van der Waals surface area contributed by atoms with Crippen LogP contribution in [0.4, 0.5) is 0 Å². The third kappa shape index (κ3) is 10.2. The van der Waals surface area contributed by atoms with Crippen molar-refractivity contribution in [2.24, 2.45) is 11.7 Å². The highest BCUT2D eigenvalue weighted by Crippen LogP contribution is 2.07. The van der Waals surface area contributed by atoms with Gasteiger partial charge >= 0.3 is 17.9 Å². The molecule has 4 atom stereocenters. The van der Waals surface area contributed by atoms with Gasteiger partial charge in [0.2, 0.25) is 17.7 Å². The van der Waals surface area contributed by atoms with Crippen LogP contribution >= 0.6 is 0 Å². The van der Waals surface area contributed by atoms with Crippen LogP contribution in [0, 0.1) is 5.92 Å². The van der Waals surface area contributed by atoms with Crippen molar-refractivity contribution in [1.82, 2.24) is 25.9 Å². The Balaban J connectivity index is 2.93. The number of nitrogens with zero attached hydrogens (tertiary/aromatic N) is 1. The van der Waals surface area contributed by atoms with Crippen molar-refractivity contribution in [3.05, 3.63) is 18.2 Å². The summed E-state index contributed by atoms with van der Waals surface area (Å²) < 4.78 is 0. The van der Waals surface area contributed by atoms with Gasteiger partial charge in [0.15, 0.2) is 0 Å². The molecule has 1 aromatic rings. The molecular weight excluding hydrogens is 468 g/mol. The SMILES string of the molecule is CC(C)C(NC(=O)C(N)CCC(=O)O)C(=O)NC(CC(=O)O)C(=O)NC(Cc1cnc[nH]1)C(=O)O. The molecule has 194 valence electrons. The second kappa shape index (κ2) is 13.6. The van der Waals surface area contributed by atoms with Crippen LogP contribution < -0.4 is 21.7 Å². The van der Waals surface area contributed by atoms with Crippen molar-refractivity contribution in [2.75, 3.05) is 0 Å². The van der Waals surface area contributed by atoms with E-state index in [0.717, 1.165) is 0 Å². The number of hydrogen-bond acceptors (Lipinski definition) is 8. The molecule has 0 aromatic carbocycles. The van der Waals surface area contributed by atoms with E-state index in [9.17, 15) is 39.0 Å². The number of hydrogen-bond donors (Lipinski definition) is 8. The molecule has 9 N–H and O–H groups in total. The lowest BCUT2D eigenvalue weighted by molar-refractivity contribution is -0.144. The second-order valence-corrected chi connectivity index (χ2v) is 8.11. The van der Waals surface area contributed by atoms with Crippen LogP contribution in [0.5, 0.6) is 0 Å². The first-order chi connectivity index (χ1) is 16.3. The Morgan fingerprint density at radius 1 is 0.943 bits per heavy atom. The van der Waals surface area contributed by atoms with Crippen molar-refractivity contribution in [1.29, 1.82) is 0 Å². The molecule has 0 radical (unpaired) electrons. The van der Waals surface area contributed by atoms with E-state index in [1.54, 1.807) is 13.8 Å². The highest BCUT2D eigenvalue weighted by Gasteiger charge is 2.33. The van der Waals surface area contributed by atoms with E-state index < -0.39 is 72.1 Å². The fourth-order valence-corrected chi connectivity index (χ4v) is 2.94. The Labute approximate surface area is 199 Å². The first-order valence-corrected chi connectivity index (χ1v) is 10.6. The number of nitrogens with two attached hydrogens (primary N) is 1.